The van der Waals surface area contributed by atoms with Gasteiger partial charge in [-0.25, -0.2) is 4.98 Å². The second kappa shape index (κ2) is 8.59. The zero-order valence-electron chi connectivity index (χ0n) is 15.8. The number of pyridine rings is 1. The molecule has 0 unspecified atom stereocenters. The van der Waals surface area contributed by atoms with Crippen molar-refractivity contribution in [2.75, 3.05) is 19.6 Å². The molecule has 2 heterocycles. The van der Waals surface area contributed by atoms with Gasteiger partial charge >= 0.3 is 6.18 Å². The Hall–Kier alpha value is -1.63. The predicted molar refractivity (Wildman–Crippen MR) is 97.5 cm³/mol. The highest BCUT2D eigenvalue weighted by atomic mass is 19.4. The average Bonchev–Trinajstić information content (AvgIpc) is 2.63. The number of nitrogens with one attached hydrogen (secondary N) is 1. The number of aromatic nitrogens is 1. The number of carbonyl (C=O) groups excluding carboxylic acids is 1. The van der Waals surface area contributed by atoms with Crippen molar-refractivity contribution >= 4 is 5.91 Å². The third kappa shape index (κ3) is 5.43. The lowest BCUT2D eigenvalue weighted by molar-refractivity contribution is -0.141. The molecule has 1 saturated carbocycles. The number of rotatable bonds is 4. The molecule has 4 nitrogen and oxygen atoms in total. The second-order valence-electron chi connectivity index (χ2n) is 7.88. The summed E-state index contributed by atoms with van der Waals surface area (Å²) in [6.45, 7) is 4.52. The summed E-state index contributed by atoms with van der Waals surface area (Å²) in [5.74, 6) is 0.477. The van der Waals surface area contributed by atoms with Crippen LogP contribution >= 0.6 is 0 Å². The highest BCUT2D eigenvalue weighted by Gasteiger charge is 2.33. The van der Waals surface area contributed by atoms with Gasteiger partial charge in [-0.15, -0.1) is 0 Å². The summed E-state index contributed by atoms with van der Waals surface area (Å²) in [4.78, 5) is 18.5. The van der Waals surface area contributed by atoms with Crippen LogP contribution in [0.1, 0.15) is 66.7 Å². The Morgan fingerprint density at radius 3 is 2.41 bits per heavy atom. The van der Waals surface area contributed by atoms with E-state index in [1.54, 1.807) is 0 Å². The van der Waals surface area contributed by atoms with Gasteiger partial charge in [0.25, 0.3) is 5.91 Å². The summed E-state index contributed by atoms with van der Waals surface area (Å²) < 4.78 is 38.1. The van der Waals surface area contributed by atoms with Gasteiger partial charge in [0, 0.05) is 25.7 Å². The molecule has 0 spiro atoms. The van der Waals surface area contributed by atoms with E-state index in [9.17, 15) is 18.0 Å². The monoisotopic (exact) mass is 383 g/mol. The van der Waals surface area contributed by atoms with E-state index in [1.807, 2.05) is 0 Å². The van der Waals surface area contributed by atoms with Crippen LogP contribution < -0.4 is 5.32 Å². The zero-order valence-corrected chi connectivity index (χ0v) is 15.8. The molecule has 1 saturated heterocycles. The summed E-state index contributed by atoms with van der Waals surface area (Å²) >= 11 is 0. The predicted octanol–water partition coefficient (Wildman–Crippen LogP) is 4.18. The van der Waals surface area contributed by atoms with Crippen LogP contribution in [0.15, 0.2) is 12.1 Å². The number of hydrogen-bond donors (Lipinski definition) is 1. The fourth-order valence-corrected chi connectivity index (χ4v) is 4.22. The van der Waals surface area contributed by atoms with Crippen molar-refractivity contribution in [2.24, 2.45) is 5.92 Å². The van der Waals surface area contributed by atoms with Crippen LogP contribution in [-0.2, 0) is 6.18 Å². The van der Waals surface area contributed by atoms with Crippen LogP contribution in [0.3, 0.4) is 0 Å². The number of halogens is 3. The maximum absolute atomic E-state index is 12.7. The summed E-state index contributed by atoms with van der Waals surface area (Å²) in [6, 6.07) is 2.16. The maximum atomic E-state index is 12.7. The minimum Gasteiger partial charge on any atom is -0.349 e. The number of hydrogen-bond acceptors (Lipinski definition) is 3. The summed E-state index contributed by atoms with van der Waals surface area (Å²) in [6.07, 6.45) is 3.98. The highest BCUT2D eigenvalue weighted by molar-refractivity contribution is 5.95. The molecule has 1 aliphatic carbocycles. The van der Waals surface area contributed by atoms with E-state index in [-0.39, 0.29) is 23.2 Å². The first-order valence-electron chi connectivity index (χ1n) is 9.91. The van der Waals surface area contributed by atoms with E-state index < -0.39 is 11.9 Å². The fourth-order valence-electron chi connectivity index (χ4n) is 4.22. The van der Waals surface area contributed by atoms with Gasteiger partial charge in [0.15, 0.2) is 0 Å². The molecule has 3 rings (SSSR count). The molecule has 1 aromatic rings. The third-order valence-electron chi connectivity index (χ3n) is 5.78. The Labute approximate surface area is 158 Å². The third-order valence-corrected chi connectivity index (χ3v) is 5.78. The van der Waals surface area contributed by atoms with Crippen LogP contribution in [0.2, 0.25) is 0 Å². The normalized spacial score (nSPS) is 20.6. The number of carbonyl (C=O) groups is 1. The van der Waals surface area contributed by atoms with Gasteiger partial charge in [-0.2, -0.15) is 13.2 Å². The molecule has 1 amide bonds. The largest absolute Gasteiger partial charge is 0.433 e. The second-order valence-corrected chi connectivity index (χ2v) is 7.88. The van der Waals surface area contributed by atoms with Crippen molar-refractivity contribution in [2.45, 2.75) is 64.1 Å². The molecule has 1 aromatic heterocycles. The summed E-state index contributed by atoms with van der Waals surface area (Å²) in [5, 5.41) is 2.97. The Morgan fingerprint density at radius 1 is 1.15 bits per heavy atom. The van der Waals surface area contributed by atoms with Crippen molar-refractivity contribution < 1.29 is 18.0 Å². The molecule has 27 heavy (non-hydrogen) atoms. The van der Waals surface area contributed by atoms with Crippen LogP contribution in [0.5, 0.6) is 0 Å². The molecular formula is C20H28F3N3O. The lowest BCUT2D eigenvalue weighted by Gasteiger charge is -2.35. The Kier molecular flexibility index (Phi) is 6.40. The van der Waals surface area contributed by atoms with Crippen molar-refractivity contribution in [1.29, 1.82) is 0 Å². The fraction of sp³-hybridized carbons (Fsp3) is 0.700. The van der Waals surface area contributed by atoms with Crippen molar-refractivity contribution in [1.82, 2.24) is 15.2 Å². The van der Waals surface area contributed by atoms with Crippen LogP contribution in [-0.4, -0.2) is 41.5 Å². The minimum absolute atomic E-state index is 0.0711. The van der Waals surface area contributed by atoms with E-state index in [4.69, 9.17) is 0 Å². The number of nitrogens with zero attached hydrogens (tertiary/aromatic N) is 2. The van der Waals surface area contributed by atoms with E-state index in [0.717, 1.165) is 44.5 Å². The highest BCUT2D eigenvalue weighted by Crippen LogP contribution is 2.28. The molecule has 2 fully saturated rings. The Balaban J connectivity index is 1.49. The minimum atomic E-state index is -4.50. The lowest BCUT2D eigenvalue weighted by Crippen LogP contribution is -2.46. The van der Waals surface area contributed by atoms with Crippen molar-refractivity contribution in [3.8, 4) is 0 Å². The number of alkyl halides is 3. The molecule has 0 bridgehead atoms. The quantitative estimate of drug-likeness (QED) is 0.848. The standard InChI is InChI=1S/C20H28F3N3O/c1-14-17(7-8-18(24-14)20(21,22)23)19(27)25-16-9-11-26(12-10-16)13-15-5-3-2-4-6-15/h7-8,15-16H,2-6,9-13H2,1H3,(H,25,27). The number of likely N-dealkylation sites (tertiary alicyclic amines) is 1. The lowest BCUT2D eigenvalue weighted by atomic mass is 9.88. The molecule has 0 atom stereocenters. The molecule has 0 radical (unpaired) electrons. The van der Waals surface area contributed by atoms with Gasteiger partial charge in [-0.3, -0.25) is 4.79 Å². The van der Waals surface area contributed by atoms with Crippen molar-refractivity contribution in [3.05, 3.63) is 29.1 Å². The maximum Gasteiger partial charge on any atom is 0.433 e. The Morgan fingerprint density at radius 2 is 1.81 bits per heavy atom. The number of aryl methyl sites for hydroxylation is 1. The summed E-state index contributed by atoms with van der Waals surface area (Å²) in [7, 11) is 0. The van der Waals surface area contributed by atoms with E-state index >= 15 is 0 Å². The topological polar surface area (TPSA) is 45.2 Å². The molecule has 150 valence electrons. The van der Waals surface area contributed by atoms with Gasteiger partial charge in [-0.1, -0.05) is 19.3 Å². The van der Waals surface area contributed by atoms with Crippen molar-refractivity contribution in [3.63, 3.8) is 0 Å². The molecule has 1 N–H and O–H groups in total. The van der Waals surface area contributed by atoms with Gasteiger partial charge in [0.1, 0.15) is 5.69 Å². The molecular weight excluding hydrogens is 355 g/mol. The summed E-state index contributed by atoms with van der Waals surface area (Å²) in [5.41, 5.74) is -0.641. The first-order chi connectivity index (χ1) is 12.8. The van der Waals surface area contributed by atoms with Crippen LogP contribution in [0.25, 0.3) is 0 Å². The van der Waals surface area contributed by atoms with Gasteiger partial charge in [-0.05, 0) is 50.7 Å². The first-order valence-corrected chi connectivity index (χ1v) is 9.91. The van der Waals surface area contributed by atoms with E-state index in [0.29, 0.717) is 0 Å². The van der Waals surface area contributed by atoms with E-state index in [2.05, 4.69) is 15.2 Å². The SMILES string of the molecule is Cc1nc(C(F)(F)F)ccc1C(=O)NC1CCN(CC2CCCCC2)CC1. The number of piperidine rings is 1. The van der Waals surface area contributed by atoms with Crippen LogP contribution in [0.4, 0.5) is 13.2 Å². The van der Waals surface area contributed by atoms with Gasteiger partial charge in [0.2, 0.25) is 0 Å². The van der Waals surface area contributed by atoms with E-state index in [1.165, 1.54) is 45.1 Å². The molecule has 2 aliphatic rings. The molecule has 1 aliphatic heterocycles. The number of amides is 1. The smallest absolute Gasteiger partial charge is 0.349 e. The molecule has 7 heteroatoms. The van der Waals surface area contributed by atoms with Gasteiger partial charge in [0.05, 0.1) is 11.3 Å². The first kappa shape index (κ1) is 20.1. The Bertz CT molecular complexity index is 648. The molecule has 0 aromatic carbocycles. The van der Waals surface area contributed by atoms with Crippen LogP contribution in [0, 0.1) is 12.8 Å². The zero-order chi connectivity index (χ0) is 19.4. The van der Waals surface area contributed by atoms with Gasteiger partial charge < -0.3 is 10.2 Å². The average molecular weight is 383 g/mol.